The maximum atomic E-state index is 12.4. The van der Waals surface area contributed by atoms with Crippen LogP contribution in [-0.2, 0) is 10.2 Å². The van der Waals surface area contributed by atoms with E-state index in [9.17, 15) is 9.90 Å². The smallest absolute Gasteiger partial charge is 0.418 e. The van der Waals surface area contributed by atoms with Crippen LogP contribution in [0.2, 0.25) is 0 Å². The molecule has 1 aromatic carbocycles. The van der Waals surface area contributed by atoms with Gasteiger partial charge in [-0.15, -0.1) is 0 Å². The number of benzene rings is 1. The number of rotatable bonds is 3. The maximum absolute atomic E-state index is 12.4. The van der Waals surface area contributed by atoms with E-state index in [1.807, 2.05) is 30.3 Å². The molecule has 0 aromatic heterocycles. The largest absolute Gasteiger partial charge is 0.449 e. The van der Waals surface area contributed by atoms with Crippen molar-refractivity contribution in [2.45, 2.75) is 25.2 Å². The first-order valence-electron chi connectivity index (χ1n) is 7.30. The molecule has 2 aliphatic rings. The van der Waals surface area contributed by atoms with Crippen molar-refractivity contribution in [1.29, 1.82) is 0 Å². The number of allylic oxidation sites excluding steroid dienone is 3. The molecule has 110 valence electrons. The normalized spacial score (nSPS) is 22.6. The number of nitrogens with zero attached hydrogens (tertiary/aromatic N) is 1. The third-order valence-corrected chi connectivity index (χ3v) is 4.13. The number of hydrogen-bond donors (Lipinski definition) is 1. The number of fused-ring (bicyclic) bond motifs is 3. The Morgan fingerprint density at radius 2 is 2.24 bits per heavy atom. The molecule has 1 heterocycles. The van der Waals surface area contributed by atoms with E-state index in [0.29, 0.717) is 13.0 Å². The van der Waals surface area contributed by atoms with Crippen molar-refractivity contribution in [3.05, 3.63) is 53.8 Å². The van der Waals surface area contributed by atoms with Crippen LogP contribution in [0, 0.1) is 0 Å². The molecule has 4 nitrogen and oxygen atoms in total. The Balaban J connectivity index is 2.17. The van der Waals surface area contributed by atoms with Crippen LogP contribution in [0.3, 0.4) is 0 Å². The second-order valence-corrected chi connectivity index (χ2v) is 5.22. The molecular weight excluding hydrogens is 266 g/mol. The molecule has 1 atom stereocenters. The van der Waals surface area contributed by atoms with Gasteiger partial charge in [0.1, 0.15) is 0 Å². The zero-order chi connectivity index (χ0) is 14.9. The number of carbonyl (C=O) groups excluding carboxylic acids is 1. The number of aliphatic hydroxyl groups excluding tert-OH is 1. The number of amides is 1. The molecular formula is C17H19NO3. The zero-order valence-corrected chi connectivity index (χ0v) is 12.1. The van der Waals surface area contributed by atoms with E-state index in [-0.39, 0.29) is 12.7 Å². The minimum Gasteiger partial charge on any atom is -0.449 e. The van der Waals surface area contributed by atoms with Gasteiger partial charge in [-0.3, -0.25) is 0 Å². The van der Waals surface area contributed by atoms with Crippen LogP contribution >= 0.6 is 0 Å². The lowest BCUT2D eigenvalue weighted by Gasteiger charge is -2.31. The highest BCUT2D eigenvalue weighted by atomic mass is 16.6. The average molecular weight is 285 g/mol. The standard InChI is InChI=1S/C17H19NO3/c1-2-21-16(20)18-14-8-4-3-7-13(14)17(11-12-19)10-6-5-9-15(17)18/h3-4,6-10,19H,2,5,11-12H2,1H3/t17-/m0/s1. The van der Waals surface area contributed by atoms with Gasteiger partial charge < -0.3 is 9.84 Å². The van der Waals surface area contributed by atoms with E-state index in [0.717, 1.165) is 23.4 Å². The van der Waals surface area contributed by atoms with Gasteiger partial charge in [-0.25, -0.2) is 9.69 Å². The van der Waals surface area contributed by atoms with Crippen molar-refractivity contribution in [2.24, 2.45) is 0 Å². The molecule has 0 fully saturated rings. The van der Waals surface area contributed by atoms with Crippen molar-refractivity contribution < 1.29 is 14.6 Å². The Hall–Kier alpha value is -2.07. The lowest BCUT2D eigenvalue weighted by Crippen LogP contribution is -2.35. The Morgan fingerprint density at radius 3 is 3.00 bits per heavy atom. The van der Waals surface area contributed by atoms with E-state index in [4.69, 9.17) is 4.74 Å². The third kappa shape index (κ3) is 1.98. The van der Waals surface area contributed by atoms with Crippen molar-refractivity contribution in [1.82, 2.24) is 0 Å². The van der Waals surface area contributed by atoms with Crippen molar-refractivity contribution in [3.8, 4) is 0 Å². The fraction of sp³-hybridized carbons (Fsp3) is 0.353. The Kier molecular flexibility index (Phi) is 3.55. The van der Waals surface area contributed by atoms with Crippen LogP contribution in [0.1, 0.15) is 25.3 Å². The second kappa shape index (κ2) is 5.37. The Morgan fingerprint density at radius 1 is 1.43 bits per heavy atom. The minimum atomic E-state index is -0.420. The molecule has 1 amide bonds. The SMILES string of the molecule is CCOC(=O)N1C2=CCC=C[C@]2(CCO)c2ccccc21. The van der Waals surface area contributed by atoms with E-state index in [1.54, 1.807) is 11.8 Å². The molecule has 21 heavy (non-hydrogen) atoms. The first-order chi connectivity index (χ1) is 10.2. The average Bonchev–Trinajstić information content (AvgIpc) is 2.79. The van der Waals surface area contributed by atoms with E-state index in [2.05, 4.69) is 12.2 Å². The summed E-state index contributed by atoms with van der Waals surface area (Å²) in [6.07, 6.45) is 7.23. The van der Waals surface area contributed by atoms with Crippen molar-refractivity contribution in [3.63, 3.8) is 0 Å². The monoisotopic (exact) mass is 285 g/mol. The molecule has 0 spiro atoms. The Labute approximate surface area is 124 Å². The number of ether oxygens (including phenoxy) is 1. The second-order valence-electron chi connectivity index (χ2n) is 5.22. The zero-order valence-electron chi connectivity index (χ0n) is 12.1. The molecule has 0 unspecified atom stereocenters. The summed E-state index contributed by atoms with van der Waals surface area (Å²) in [5, 5.41) is 9.52. The van der Waals surface area contributed by atoms with Gasteiger partial charge in [0.2, 0.25) is 0 Å². The van der Waals surface area contributed by atoms with Crippen LogP contribution < -0.4 is 4.90 Å². The van der Waals surface area contributed by atoms with Gasteiger partial charge in [-0.1, -0.05) is 36.4 Å². The van der Waals surface area contributed by atoms with Gasteiger partial charge in [0.15, 0.2) is 0 Å². The van der Waals surface area contributed by atoms with E-state index in [1.165, 1.54) is 0 Å². The molecule has 0 saturated carbocycles. The highest BCUT2D eigenvalue weighted by Gasteiger charge is 2.48. The van der Waals surface area contributed by atoms with Crippen LogP contribution in [0.5, 0.6) is 0 Å². The fourth-order valence-electron chi connectivity index (χ4n) is 3.32. The fourth-order valence-corrected chi connectivity index (χ4v) is 3.32. The number of anilines is 1. The molecule has 1 aliphatic heterocycles. The molecule has 0 bridgehead atoms. The van der Waals surface area contributed by atoms with Gasteiger partial charge >= 0.3 is 6.09 Å². The summed E-state index contributed by atoms with van der Waals surface area (Å²) in [5.74, 6) is 0. The van der Waals surface area contributed by atoms with Crippen molar-refractivity contribution in [2.75, 3.05) is 18.1 Å². The van der Waals surface area contributed by atoms with Gasteiger partial charge in [0.25, 0.3) is 0 Å². The van der Waals surface area contributed by atoms with Crippen LogP contribution in [0.25, 0.3) is 0 Å². The first kappa shape index (κ1) is 13.9. The van der Waals surface area contributed by atoms with Gasteiger partial charge in [-0.2, -0.15) is 0 Å². The molecule has 3 rings (SSSR count). The molecule has 1 aliphatic carbocycles. The molecule has 1 aromatic rings. The predicted molar refractivity (Wildman–Crippen MR) is 81.2 cm³/mol. The summed E-state index contributed by atoms with van der Waals surface area (Å²) in [7, 11) is 0. The summed E-state index contributed by atoms with van der Waals surface area (Å²) in [5.41, 5.74) is 2.38. The van der Waals surface area contributed by atoms with Gasteiger partial charge in [-0.05, 0) is 31.4 Å². The highest BCUT2D eigenvalue weighted by Crippen LogP contribution is 2.52. The highest BCUT2D eigenvalue weighted by molar-refractivity contribution is 5.97. The Bertz CT molecular complexity index is 620. The number of para-hydroxylation sites is 1. The molecule has 4 heteroatoms. The number of carbonyl (C=O) groups is 1. The van der Waals surface area contributed by atoms with Gasteiger partial charge in [0, 0.05) is 12.3 Å². The lowest BCUT2D eigenvalue weighted by atomic mass is 9.74. The summed E-state index contributed by atoms with van der Waals surface area (Å²) in [6.45, 7) is 2.20. The van der Waals surface area contributed by atoms with E-state index < -0.39 is 5.41 Å². The first-order valence-corrected chi connectivity index (χ1v) is 7.30. The summed E-state index contributed by atoms with van der Waals surface area (Å²) in [6, 6.07) is 7.83. The summed E-state index contributed by atoms with van der Waals surface area (Å²) < 4.78 is 5.21. The van der Waals surface area contributed by atoms with E-state index >= 15 is 0 Å². The van der Waals surface area contributed by atoms with Gasteiger partial charge in [0.05, 0.1) is 17.7 Å². The number of hydrogen-bond acceptors (Lipinski definition) is 3. The molecule has 1 N–H and O–H groups in total. The molecule has 0 saturated heterocycles. The third-order valence-electron chi connectivity index (χ3n) is 4.13. The minimum absolute atomic E-state index is 0.0622. The van der Waals surface area contributed by atoms with Crippen molar-refractivity contribution >= 4 is 11.8 Å². The topological polar surface area (TPSA) is 49.8 Å². The quantitative estimate of drug-likeness (QED) is 0.868. The predicted octanol–water partition coefficient (Wildman–Crippen LogP) is 3.13. The van der Waals surface area contributed by atoms with Crippen LogP contribution in [0.4, 0.5) is 10.5 Å². The van der Waals surface area contributed by atoms with Crippen LogP contribution in [-0.4, -0.2) is 24.4 Å². The maximum Gasteiger partial charge on any atom is 0.418 e. The molecule has 0 radical (unpaired) electrons. The summed E-state index contributed by atoms with van der Waals surface area (Å²) >= 11 is 0. The summed E-state index contributed by atoms with van der Waals surface area (Å²) in [4.78, 5) is 14.0. The van der Waals surface area contributed by atoms with Crippen LogP contribution in [0.15, 0.2) is 48.2 Å². The lowest BCUT2D eigenvalue weighted by molar-refractivity contribution is 0.161. The number of aliphatic hydroxyl groups is 1.